The molecule has 1 saturated carbocycles. The van der Waals surface area contributed by atoms with Crippen LogP contribution in [-0.4, -0.2) is 50.4 Å². The Morgan fingerprint density at radius 1 is 1.05 bits per heavy atom. The summed E-state index contributed by atoms with van der Waals surface area (Å²) in [4.78, 5) is 24.3. The SMILES string of the molecule is COc1ccc(-c2nc(-c3ccncc3)nn2CCN(C(=O)Nc2cccc(Cl)c2Cl)C2CCCC2)cc1Cl. The van der Waals surface area contributed by atoms with Gasteiger partial charge in [0.2, 0.25) is 0 Å². The Bertz CT molecular complexity index is 1460. The maximum atomic E-state index is 13.5. The van der Waals surface area contributed by atoms with Gasteiger partial charge in [-0.25, -0.2) is 14.5 Å². The van der Waals surface area contributed by atoms with Gasteiger partial charge in [0.25, 0.3) is 0 Å². The average molecular weight is 586 g/mol. The van der Waals surface area contributed by atoms with Crippen LogP contribution in [0.1, 0.15) is 25.7 Å². The normalized spacial score (nSPS) is 13.4. The quantitative estimate of drug-likeness (QED) is 0.232. The van der Waals surface area contributed by atoms with Crippen LogP contribution in [0.5, 0.6) is 5.75 Å². The fourth-order valence-corrected chi connectivity index (χ4v) is 5.40. The number of rotatable bonds is 8. The molecule has 2 heterocycles. The summed E-state index contributed by atoms with van der Waals surface area (Å²) < 4.78 is 7.13. The molecule has 0 atom stereocenters. The summed E-state index contributed by atoms with van der Waals surface area (Å²) >= 11 is 19.0. The van der Waals surface area contributed by atoms with Crippen LogP contribution in [0, 0.1) is 0 Å². The van der Waals surface area contributed by atoms with Gasteiger partial charge in [0, 0.05) is 36.1 Å². The second-order valence-electron chi connectivity index (χ2n) is 9.23. The molecule has 1 N–H and O–H groups in total. The highest BCUT2D eigenvalue weighted by Crippen LogP contribution is 2.32. The number of hydrogen-bond acceptors (Lipinski definition) is 5. The molecule has 0 aliphatic heterocycles. The van der Waals surface area contributed by atoms with Crippen molar-refractivity contribution in [2.75, 3.05) is 19.0 Å². The molecule has 2 aromatic carbocycles. The Balaban J connectivity index is 1.45. The van der Waals surface area contributed by atoms with Crippen molar-refractivity contribution in [1.82, 2.24) is 24.6 Å². The molecule has 4 aromatic rings. The molecule has 202 valence electrons. The van der Waals surface area contributed by atoms with Crippen LogP contribution >= 0.6 is 34.8 Å². The molecule has 0 bridgehead atoms. The molecule has 0 saturated heterocycles. The van der Waals surface area contributed by atoms with E-state index in [0.29, 0.717) is 51.2 Å². The molecule has 39 heavy (non-hydrogen) atoms. The molecule has 1 aliphatic carbocycles. The van der Waals surface area contributed by atoms with Crippen LogP contribution in [0.25, 0.3) is 22.8 Å². The molecule has 1 fully saturated rings. The minimum Gasteiger partial charge on any atom is -0.495 e. The van der Waals surface area contributed by atoms with E-state index in [4.69, 9.17) is 49.6 Å². The van der Waals surface area contributed by atoms with Gasteiger partial charge in [0.05, 0.1) is 34.4 Å². The monoisotopic (exact) mass is 584 g/mol. The average Bonchev–Trinajstić information content (AvgIpc) is 3.63. The first-order valence-corrected chi connectivity index (χ1v) is 13.8. The molecule has 0 spiro atoms. The number of aromatic nitrogens is 4. The number of benzene rings is 2. The minimum atomic E-state index is -0.227. The Hall–Kier alpha value is -3.33. The number of nitrogens with zero attached hydrogens (tertiary/aromatic N) is 5. The molecule has 5 rings (SSSR count). The fourth-order valence-electron chi connectivity index (χ4n) is 4.80. The highest BCUT2D eigenvalue weighted by molar-refractivity contribution is 6.44. The zero-order valence-corrected chi connectivity index (χ0v) is 23.5. The van der Waals surface area contributed by atoms with Crippen LogP contribution in [0.2, 0.25) is 15.1 Å². The molecular weight excluding hydrogens is 559 g/mol. The van der Waals surface area contributed by atoms with E-state index in [1.54, 1.807) is 49.8 Å². The number of pyridine rings is 1. The number of nitrogens with one attached hydrogen (secondary N) is 1. The van der Waals surface area contributed by atoms with E-state index in [9.17, 15) is 4.79 Å². The lowest BCUT2D eigenvalue weighted by Crippen LogP contribution is -2.43. The van der Waals surface area contributed by atoms with Crippen molar-refractivity contribution in [3.05, 3.63) is 76.0 Å². The number of carbonyl (C=O) groups is 1. The van der Waals surface area contributed by atoms with Crippen molar-refractivity contribution >= 4 is 46.5 Å². The number of methoxy groups -OCH3 is 1. The Kier molecular flexibility index (Phi) is 8.55. The Labute approximate surface area is 241 Å². The van der Waals surface area contributed by atoms with Gasteiger partial charge in [-0.15, -0.1) is 0 Å². The standard InChI is InChI=1S/C28H27Cl3N6O2/c1-39-24-10-9-19(17-22(24)30)27-34-26(18-11-13-32-14-12-18)35-37(27)16-15-36(20-5-2-3-6-20)28(38)33-23-8-4-7-21(29)25(23)31/h4,7-14,17,20H,2-3,5-6,15-16H2,1H3,(H,33,38). The maximum absolute atomic E-state index is 13.5. The summed E-state index contributed by atoms with van der Waals surface area (Å²) in [6.45, 7) is 0.842. The number of ether oxygens (including phenoxy) is 1. The topological polar surface area (TPSA) is 85.2 Å². The van der Waals surface area contributed by atoms with Crippen LogP contribution in [0.4, 0.5) is 10.5 Å². The highest BCUT2D eigenvalue weighted by atomic mass is 35.5. The highest BCUT2D eigenvalue weighted by Gasteiger charge is 2.28. The first-order valence-electron chi connectivity index (χ1n) is 12.7. The van der Waals surface area contributed by atoms with Crippen molar-refractivity contribution in [2.45, 2.75) is 38.3 Å². The van der Waals surface area contributed by atoms with Gasteiger partial charge in [0.15, 0.2) is 11.6 Å². The minimum absolute atomic E-state index is 0.116. The van der Waals surface area contributed by atoms with Crippen molar-refractivity contribution < 1.29 is 9.53 Å². The maximum Gasteiger partial charge on any atom is 0.322 e. The van der Waals surface area contributed by atoms with Crippen molar-refractivity contribution in [1.29, 1.82) is 0 Å². The predicted molar refractivity (Wildman–Crippen MR) is 155 cm³/mol. The second kappa shape index (κ2) is 12.2. The summed E-state index contributed by atoms with van der Waals surface area (Å²) in [6, 6.07) is 14.3. The van der Waals surface area contributed by atoms with Crippen LogP contribution < -0.4 is 10.1 Å². The lowest BCUT2D eigenvalue weighted by molar-refractivity contribution is 0.184. The van der Waals surface area contributed by atoms with Gasteiger partial charge in [-0.1, -0.05) is 53.7 Å². The first-order chi connectivity index (χ1) is 18.9. The molecule has 8 nitrogen and oxygen atoms in total. The van der Waals surface area contributed by atoms with Crippen LogP contribution in [0.15, 0.2) is 60.9 Å². The molecule has 0 radical (unpaired) electrons. The number of amides is 2. The third-order valence-corrected chi connectivity index (χ3v) is 7.91. The van der Waals surface area contributed by atoms with E-state index in [2.05, 4.69) is 10.3 Å². The van der Waals surface area contributed by atoms with Crippen molar-refractivity contribution in [2.24, 2.45) is 0 Å². The van der Waals surface area contributed by atoms with Gasteiger partial charge in [0.1, 0.15) is 5.75 Å². The summed E-state index contributed by atoms with van der Waals surface area (Å²) in [7, 11) is 1.57. The second-order valence-corrected chi connectivity index (χ2v) is 10.4. The first kappa shape index (κ1) is 27.2. The van der Waals surface area contributed by atoms with Crippen LogP contribution in [0.3, 0.4) is 0 Å². The van der Waals surface area contributed by atoms with E-state index < -0.39 is 0 Å². The summed E-state index contributed by atoms with van der Waals surface area (Å²) in [5, 5.41) is 8.93. The van der Waals surface area contributed by atoms with Gasteiger partial charge < -0.3 is 15.0 Å². The number of hydrogen-bond donors (Lipinski definition) is 1. The molecule has 0 unspecified atom stereocenters. The van der Waals surface area contributed by atoms with E-state index in [-0.39, 0.29) is 12.1 Å². The van der Waals surface area contributed by atoms with Gasteiger partial charge in [-0.05, 0) is 55.3 Å². The van der Waals surface area contributed by atoms with Gasteiger partial charge >= 0.3 is 6.03 Å². The van der Waals surface area contributed by atoms with Gasteiger partial charge in [-0.3, -0.25) is 4.98 Å². The Morgan fingerprint density at radius 3 is 2.54 bits per heavy atom. The third-order valence-electron chi connectivity index (χ3n) is 6.79. The van der Waals surface area contributed by atoms with Gasteiger partial charge in [-0.2, -0.15) is 5.10 Å². The lowest BCUT2D eigenvalue weighted by Gasteiger charge is -2.29. The molecule has 2 aromatic heterocycles. The van der Waals surface area contributed by atoms with Crippen molar-refractivity contribution in [3.63, 3.8) is 0 Å². The van der Waals surface area contributed by atoms with E-state index in [0.717, 1.165) is 36.8 Å². The van der Waals surface area contributed by atoms with E-state index >= 15 is 0 Å². The van der Waals surface area contributed by atoms with Crippen molar-refractivity contribution in [3.8, 4) is 28.5 Å². The van der Waals surface area contributed by atoms with Crippen LogP contribution in [-0.2, 0) is 6.54 Å². The summed E-state index contributed by atoms with van der Waals surface area (Å²) in [5.41, 5.74) is 2.10. The molecular formula is C28H27Cl3N6O2. The zero-order chi connectivity index (χ0) is 27.4. The van der Waals surface area contributed by atoms with E-state index in [1.807, 2.05) is 27.8 Å². The number of carbonyl (C=O) groups excluding carboxylic acids is 1. The third kappa shape index (κ3) is 6.13. The lowest BCUT2D eigenvalue weighted by atomic mass is 10.2. The number of anilines is 1. The fraction of sp³-hybridized carbons (Fsp3) is 0.286. The zero-order valence-electron chi connectivity index (χ0n) is 21.3. The van der Waals surface area contributed by atoms with E-state index in [1.165, 1.54) is 0 Å². The summed E-state index contributed by atoms with van der Waals surface area (Å²) in [6.07, 6.45) is 7.45. The molecule has 2 amide bonds. The number of halogens is 3. The smallest absolute Gasteiger partial charge is 0.322 e. The predicted octanol–water partition coefficient (Wildman–Crippen LogP) is 7.45. The largest absolute Gasteiger partial charge is 0.495 e. The molecule has 11 heteroatoms. The Morgan fingerprint density at radius 2 is 1.82 bits per heavy atom. The molecule has 1 aliphatic rings. The summed E-state index contributed by atoms with van der Waals surface area (Å²) in [5.74, 6) is 1.77. The number of urea groups is 1.